The number of methoxy groups -OCH3 is 1. The summed E-state index contributed by atoms with van der Waals surface area (Å²) in [5.74, 6) is -0.943. The molecule has 0 saturated heterocycles. The number of anilines is 1. The van der Waals surface area contributed by atoms with E-state index in [9.17, 15) is 19.6 Å². The van der Waals surface area contributed by atoms with Gasteiger partial charge in [-0.3, -0.25) is 19.0 Å². The van der Waals surface area contributed by atoms with Crippen LogP contribution < -0.4 is 15.4 Å². The van der Waals surface area contributed by atoms with Crippen LogP contribution in [0.5, 0.6) is 5.75 Å². The molecule has 174 valence electrons. The number of hydrogen-bond donors (Lipinski definition) is 2. The molecule has 9 heteroatoms. The second kappa shape index (κ2) is 10.8. The Labute approximate surface area is 196 Å². The van der Waals surface area contributed by atoms with Crippen molar-refractivity contribution in [1.29, 1.82) is 5.26 Å². The Morgan fingerprint density at radius 2 is 1.71 bits per heavy atom. The Balaban J connectivity index is 1.60. The second-order valence-corrected chi connectivity index (χ2v) is 7.34. The standard InChI is InChI=1S/C25H24N4O5/c1-16-17(2)29(19-7-5-4-6-8-19)24(21(16)13-26)28-22(30)15-34-23(31)14-27-25(32)18-9-11-20(33-3)12-10-18/h4-12H,14-15H2,1-3H3,(H,27,32)(H,28,30). The van der Waals surface area contributed by atoms with Crippen molar-refractivity contribution in [3.05, 3.63) is 77.0 Å². The monoisotopic (exact) mass is 460 g/mol. The van der Waals surface area contributed by atoms with Gasteiger partial charge in [-0.1, -0.05) is 18.2 Å². The predicted molar refractivity (Wildman–Crippen MR) is 125 cm³/mol. The Morgan fingerprint density at radius 1 is 1.03 bits per heavy atom. The molecule has 0 bridgehead atoms. The van der Waals surface area contributed by atoms with Gasteiger partial charge in [-0.25, -0.2) is 0 Å². The molecule has 0 spiro atoms. The lowest BCUT2D eigenvalue weighted by Crippen LogP contribution is -2.32. The molecule has 1 aromatic heterocycles. The first-order valence-electron chi connectivity index (χ1n) is 10.4. The van der Waals surface area contributed by atoms with E-state index < -0.39 is 30.9 Å². The van der Waals surface area contributed by atoms with E-state index in [1.165, 1.54) is 7.11 Å². The normalized spacial score (nSPS) is 10.2. The fraction of sp³-hybridized carbons (Fsp3) is 0.200. The molecule has 34 heavy (non-hydrogen) atoms. The molecule has 2 aromatic carbocycles. The summed E-state index contributed by atoms with van der Waals surface area (Å²) in [4.78, 5) is 36.6. The Hall–Kier alpha value is -4.58. The summed E-state index contributed by atoms with van der Waals surface area (Å²) >= 11 is 0. The van der Waals surface area contributed by atoms with Crippen LogP contribution in [0.25, 0.3) is 5.69 Å². The quantitative estimate of drug-likeness (QED) is 0.499. The molecule has 0 unspecified atom stereocenters. The SMILES string of the molecule is COc1ccc(C(=O)NCC(=O)OCC(=O)Nc2c(C#N)c(C)c(C)n2-c2ccccc2)cc1. The molecule has 0 fully saturated rings. The van der Waals surface area contributed by atoms with Gasteiger partial charge in [0.15, 0.2) is 6.61 Å². The number of carbonyl (C=O) groups is 3. The number of rotatable bonds is 8. The zero-order chi connectivity index (χ0) is 24.7. The van der Waals surface area contributed by atoms with Gasteiger partial charge in [-0.2, -0.15) is 5.26 Å². The maximum Gasteiger partial charge on any atom is 0.325 e. The second-order valence-electron chi connectivity index (χ2n) is 7.34. The van der Waals surface area contributed by atoms with Gasteiger partial charge in [0.2, 0.25) is 0 Å². The van der Waals surface area contributed by atoms with Crippen molar-refractivity contribution in [2.45, 2.75) is 13.8 Å². The van der Waals surface area contributed by atoms with Crippen LogP contribution in [0.15, 0.2) is 54.6 Å². The van der Waals surface area contributed by atoms with Gasteiger partial charge < -0.3 is 20.1 Å². The molecule has 1 heterocycles. The summed E-state index contributed by atoms with van der Waals surface area (Å²) < 4.78 is 11.8. The maximum absolute atomic E-state index is 12.5. The number of para-hydroxylation sites is 1. The van der Waals surface area contributed by atoms with E-state index in [4.69, 9.17) is 9.47 Å². The minimum atomic E-state index is -0.775. The van der Waals surface area contributed by atoms with Crippen molar-refractivity contribution in [3.8, 4) is 17.5 Å². The van der Waals surface area contributed by atoms with E-state index in [2.05, 4.69) is 16.7 Å². The first-order chi connectivity index (χ1) is 16.3. The number of ether oxygens (including phenoxy) is 2. The lowest BCUT2D eigenvalue weighted by molar-refractivity contribution is -0.146. The minimum absolute atomic E-state index is 0.303. The highest BCUT2D eigenvalue weighted by molar-refractivity contribution is 5.97. The number of nitrogens with zero attached hydrogens (tertiary/aromatic N) is 2. The van der Waals surface area contributed by atoms with E-state index in [0.29, 0.717) is 22.7 Å². The molecule has 9 nitrogen and oxygen atoms in total. The molecule has 0 saturated carbocycles. The average molecular weight is 460 g/mol. The summed E-state index contributed by atoms with van der Waals surface area (Å²) in [7, 11) is 1.52. The number of benzene rings is 2. The molecular weight excluding hydrogens is 436 g/mol. The van der Waals surface area contributed by atoms with Gasteiger partial charge in [-0.05, 0) is 55.8 Å². The van der Waals surface area contributed by atoms with Gasteiger partial charge in [0.25, 0.3) is 11.8 Å². The van der Waals surface area contributed by atoms with E-state index in [0.717, 1.165) is 16.9 Å². The van der Waals surface area contributed by atoms with Crippen LogP contribution in [0.1, 0.15) is 27.2 Å². The zero-order valence-electron chi connectivity index (χ0n) is 19.0. The molecule has 3 aromatic rings. The van der Waals surface area contributed by atoms with Gasteiger partial charge in [0.05, 0.1) is 12.7 Å². The topological polar surface area (TPSA) is 122 Å². The Bertz CT molecular complexity index is 1240. The van der Waals surface area contributed by atoms with Crippen molar-refractivity contribution in [2.75, 3.05) is 25.6 Å². The van der Waals surface area contributed by atoms with Crippen LogP contribution in [0.2, 0.25) is 0 Å². The van der Waals surface area contributed by atoms with Crippen molar-refractivity contribution >= 4 is 23.6 Å². The summed E-state index contributed by atoms with van der Waals surface area (Å²) in [5.41, 5.74) is 2.99. The van der Waals surface area contributed by atoms with E-state index in [1.54, 1.807) is 35.8 Å². The number of carbonyl (C=O) groups excluding carboxylic acids is 3. The van der Waals surface area contributed by atoms with Gasteiger partial charge in [-0.15, -0.1) is 0 Å². The summed E-state index contributed by atoms with van der Waals surface area (Å²) in [6.45, 7) is 2.68. The third-order valence-electron chi connectivity index (χ3n) is 5.21. The number of esters is 1. The zero-order valence-corrected chi connectivity index (χ0v) is 19.0. The lowest BCUT2D eigenvalue weighted by atomic mass is 10.2. The molecule has 3 rings (SSSR count). The van der Waals surface area contributed by atoms with E-state index in [1.807, 2.05) is 37.3 Å². The molecule has 0 atom stereocenters. The number of amides is 2. The van der Waals surface area contributed by atoms with Crippen molar-refractivity contribution < 1.29 is 23.9 Å². The van der Waals surface area contributed by atoms with Crippen molar-refractivity contribution in [2.24, 2.45) is 0 Å². The first-order valence-corrected chi connectivity index (χ1v) is 10.4. The molecule has 2 N–H and O–H groups in total. The molecule has 0 aliphatic heterocycles. The molecule has 2 amide bonds. The van der Waals surface area contributed by atoms with Crippen LogP contribution in [0.4, 0.5) is 5.82 Å². The Morgan fingerprint density at radius 3 is 2.32 bits per heavy atom. The lowest BCUT2D eigenvalue weighted by Gasteiger charge is -2.13. The van der Waals surface area contributed by atoms with Crippen LogP contribution >= 0.6 is 0 Å². The van der Waals surface area contributed by atoms with Crippen molar-refractivity contribution in [1.82, 2.24) is 9.88 Å². The maximum atomic E-state index is 12.5. The number of aromatic nitrogens is 1. The Kier molecular flexibility index (Phi) is 7.67. The molecular formula is C25H24N4O5. The van der Waals surface area contributed by atoms with E-state index in [-0.39, 0.29) is 0 Å². The predicted octanol–water partition coefficient (Wildman–Crippen LogP) is 2.89. The molecule has 0 aliphatic carbocycles. The highest BCUT2D eigenvalue weighted by Gasteiger charge is 2.21. The fourth-order valence-corrected chi connectivity index (χ4v) is 3.32. The largest absolute Gasteiger partial charge is 0.497 e. The average Bonchev–Trinajstić information content (AvgIpc) is 3.10. The number of nitriles is 1. The van der Waals surface area contributed by atoms with Crippen LogP contribution in [0.3, 0.4) is 0 Å². The summed E-state index contributed by atoms with van der Waals surface area (Å²) in [5, 5.41) is 14.7. The highest BCUT2D eigenvalue weighted by atomic mass is 16.5. The number of nitrogens with one attached hydrogen (secondary N) is 2. The summed E-state index contributed by atoms with van der Waals surface area (Å²) in [6.07, 6.45) is 0. The first kappa shape index (κ1) is 24.1. The fourth-order valence-electron chi connectivity index (χ4n) is 3.32. The van der Waals surface area contributed by atoms with Gasteiger partial charge in [0.1, 0.15) is 24.2 Å². The van der Waals surface area contributed by atoms with Crippen LogP contribution in [-0.2, 0) is 14.3 Å². The van der Waals surface area contributed by atoms with Crippen LogP contribution in [-0.4, -0.2) is 42.6 Å². The molecule has 0 aliphatic rings. The number of hydrogen-bond acceptors (Lipinski definition) is 6. The van der Waals surface area contributed by atoms with Crippen molar-refractivity contribution in [3.63, 3.8) is 0 Å². The van der Waals surface area contributed by atoms with E-state index >= 15 is 0 Å². The third kappa shape index (κ3) is 5.42. The third-order valence-corrected chi connectivity index (χ3v) is 5.21. The van der Waals surface area contributed by atoms with Gasteiger partial charge >= 0.3 is 5.97 Å². The highest BCUT2D eigenvalue weighted by Crippen LogP contribution is 2.29. The van der Waals surface area contributed by atoms with Gasteiger partial charge in [0, 0.05) is 16.9 Å². The smallest absolute Gasteiger partial charge is 0.325 e. The summed E-state index contributed by atoms with van der Waals surface area (Å²) in [6, 6.07) is 17.8. The molecule has 0 radical (unpaired) electrons. The minimum Gasteiger partial charge on any atom is -0.497 e. The van der Waals surface area contributed by atoms with Crippen LogP contribution in [0, 0.1) is 25.2 Å².